The van der Waals surface area contributed by atoms with Gasteiger partial charge in [0.1, 0.15) is 0 Å². The Hall–Kier alpha value is -0.830. The fourth-order valence-corrected chi connectivity index (χ4v) is 0.417. The summed E-state index contributed by atoms with van der Waals surface area (Å²) in [6, 6.07) is 0. The normalized spacial score (nSPS) is 15.7. The molecule has 0 aromatic rings. The highest BCUT2D eigenvalue weighted by Gasteiger charge is 2.28. The van der Waals surface area contributed by atoms with Crippen molar-refractivity contribution < 1.29 is 14.6 Å². The molecule has 64 valence electrons. The summed E-state index contributed by atoms with van der Waals surface area (Å²) in [5.74, 6) is -0.664. The van der Waals surface area contributed by atoms with Crippen molar-refractivity contribution in [1.82, 2.24) is 0 Å². The van der Waals surface area contributed by atoms with Crippen LogP contribution in [0.15, 0.2) is 12.7 Å². The molecule has 0 aromatic heterocycles. The lowest BCUT2D eigenvalue weighted by molar-refractivity contribution is -0.162. The van der Waals surface area contributed by atoms with Gasteiger partial charge in [0, 0.05) is 0 Å². The first-order valence-electron chi connectivity index (χ1n) is 3.47. The van der Waals surface area contributed by atoms with Crippen molar-refractivity contribution in [3.63, 3.8) is 0 Å². The van der Waals surface area contributed by atoms with Gasteiger partial charge >= 0.3 is 5.97 Å². The zero-order valence-corrected chi connectivity index (χ0v) is 7.13. The molecule has 0 bridgehead atoms. The van der Waals surface area contributed by atoms with Gasteiger partial charge in [-0.05, 0) is 26.8 Å². The van der Waals surface area contributed by atoms with Crippen LogP contribution in [-0.4, -0.2) is 22.8 Å². The first-order valence-corrected chi connectivity index (χ1v) is 3.47. The molecular formula is C8H14O3. The van der Waals surface area contributed by atoms with Crippen molar-refractivity contribution in [3.8, 4) is 0 Å². The van der Waals surface area contributed by atoms with E-state index in [0.717, 1.165) is 6.08 Å². The second-order valence-electron chi connectivity index (χ2n) is 2.81. The second-order valence-corrected chi connectivity index (χ2v) is 2.81. The minimum absolute atomic E-state index is 0.214. The molecule has 1 atom stereocenters. The summed E-state index contributed by atoms with van der Waals surface area (Å²) >= 11 is 0. The predicted octanol–water partition coefficient (Wildman–Crippen LogP) is 0.875. The molecule has 3 nitrogen and oxygen atoms in total. The molecule has 0 saturated heterocycles. The van der Waals surface area contributed by atoms with Crippen LogP contribution in [-0.2, 0) is 9.53 Å². The van der Waals surface area contributed by atoms with Crippen molar-refractivity contribution in [3.05, 3.63) is 12.7 Å². The summed E-state index contributed by atoms with van der Waals surface area (Å²) in [6.45, 7) is 8.09. The Morgan fingerprint density at radius 1 is 1.73 bits per heavy atom. The second kappa shape index (κ2) is 3.53. The largest absolute Gasteiger partial charge is 0.461 e. The van der Waals surface area contributed by atoms with E-state index in [9.17, 15) is 9.90 Å². The van der Waals surface area contributed by atoms with Crippen LogP contribution in [0.4, 0.5) is 0 Å². The summed E-state index contributed by atoms with van der Waals surface area (Å²) in [5.41, 5.74) is -1.57. The van der Waals surface area contributed by atoms with Crippen LogP contribution in [0.3, 0.4) is 0 Å². The topological polar surface area (TPSA) is 46.5 Å². The maximum atomic E-state index is 11.0. The molecule has 0 saturated carbocycles. The number of ether oxygens (including phenoxy) is 1. The smallest absolute Gasteiger partial charge is 0.342 e. The number of hydrogen-bond donors (Lipinski definition) is 1. The number of aliphatic hydroxyl groups is 1. The zero-order valence-electron chi connectivity index (χ0n) is 7.13. The van der Waals surface area contributed by atoms with Gasteiger partial charge in [-0.3, -0.25) is 0 Å². The Labute approximate surface area is 66.7 Å². The van der Waals surface area contributed by atoms with Crippen LogP contribution in [0, 0.1) is 0 Å². The first kappa shape index (κ1) is 10.2. The Morgan fingerprint density at radius 2 is 2.18 bits per heavy atom. The van der Waals surface area contributed by atoms with Crippen LogP contribution in [0.1, 0.15) is 20.8 Å². The summed E-state index contributed by atoms with van der Waals surface area (Å²) < 4.78 is 4.75. The number of hydrogen-bond acceptors (Lipinski definition) is 3. The van der Waals surface area contributed by atoms with Gasteiger partial charge in [-0.1, -0.05) is 6.58 Å². The molecule has 0 rings (SSSR count). The van der Waals surface area contributed by atoms with Crippen molar-refractivity contribution in [1.29, 1.82) is 0 Å². The number of carbonyl (C=O) groups excluding carboxylic acids is 1. The Bertz CT molecular complexity index is 159. The van der Waals surface area contributed by atoms with Gasteiger partial charge in [0.15, 0.2) is 5.60 Å². The Morgan fingerprint density at radius 3 is 2.45 bits per heavy atom. The molecule has 3 heteroatoms. The van der Waals surface area contributed by atoms with Crippen LogP contribution in [0.2, 0.25) is 0 Å². The maximum absolute atomic E-state index is 11.0. The third kappa shape index (κ3) is 3.18. The highest BCUT2D eigenvalue weighted by Crippen LogP contribution is 2.08. The molecule has 0 radical (unpaired) electrons. The lowest BCUT2D eigenvalue weighted by Crippen LogP contribution is -2.35. The average molecular weight is 158 g/mol. The van der Waals surface area contributed by atoms with E-state index in [1.54, 1.807) is 13.8 Å². The van der Waals surface area contributed by atoms with Crippen molar-refractivity contribution >= 4 is 5.97 Å². The quantitative estimate of drug-likeness (QED) is 0.489. The van der Waals surface area contributed by atoms with E-state index in [1.807, 2.05) is 0 Å². The van der Waals surface area contributed by atoms with Gasteiger partial charge in [0.05, 0.1) is 6.10 Å². The molecule has 0 amide bonds. The molecule has 0 aliphatic heterocycles. The van der Waals surface area contributed by atoms with E-state index in [-0.39, 0.29) is 6.10 Å². The number of carbonyl (C=O) groups is 1. The average Bonchev–Trinajstić information content (AvgIpc) is 1.86. The highest BCUT2D eigenvalue weighted by atomic mass is 16.6. The maximum Gasteiger partial charge on any atom is 0.342 e. The number of esters is 1. The lowest BCUT2D eigenvalue weighted by atomic mass is 10.1. The molecule has 0 fully saturated rings. The third-order valence-corrected chi connectivity index (χ3v) is 1.15. The molecule has 0 aliphatic rings. The van der Waals surface area contributed by atoms with Crippen LogP contribution in [0.25, 0.3) is 0 Å². The van der Waals surface area contributed by atoms with E-state index < -0.39 is 11.6 Å². The van der Waals surface area contributed by atoms with Gasteiger partial charge in [0.2, 0.25) is 0 Å². The van der Waals surface area contributed by atoms with E-state index in [4.69, 9.17) is 4.74 Å². The van der Waals surface area contributed by atoms with Gasteiger partial charge in [-0.25, -0.2) is 4.79 Å². The molecule has 0 aliphatic carbocycles. The first-order chi connectivity index (χ1) is 4.90. The number of rotatable bonds is 3. The van der Waals surface area contributed by atoms with Crippen LogP contribution >= 0.6 is 0 Å². The summed E-state index contributed by atoms with van der Waals surface area (Å²) in [5, 5.41) is 9.25. The van der Waals surface area contributed by atoms with Crippen molar-refractivity contribution in [2.24, 2.45) is 0 Å². The molecule has 0 spiro atoms. The zero-order chi connectivity index (χ0) is 9.07. The van der Waals surface area contributed by atoms with Gasteiger partial charge in [0.25, 0.3) is 0 Å². The van der Waals surface area contributed by atoms with Gasteiger partial charge < -0.3 is 9.84 Å². The molecule has 11 heavy (non-hydrogen) atoms. The SMILES string of the molecule is C=CC(C)(O)C(=O)OC(C)C. The summed E-state index contributed by atoms with van der Waals surface area (Å²) in [4.78, 5) is 11.0. The molecule has 1 unspecified atom stereocenters. The van der Waals surface area contributed by atoms with Crippen LogP contribution < -0.4 is 0 Å². The summed E-state index contributed by atoms with van der Waals surface area (Å²) in [7, 11) is 0. The van der Waals surface area contributed by atoms with Gasteiger partial charge in [-0.2, -0.15) is 0 Å². The molecular weight excluding hydrogens is 144 g/mol. The highest BCUT2D eigenvalue weighted by molar-refractivity contribution is 5.81. The minimum atomic E-state index is -1.57. The Kier molecular flexibility index (Phi) is 3.26. The van der Waals surface area contributed by atoms with Crippen LogP contribution in [0.5, 0.6) is 0 Å². The van der Waals surface area contributed by atoms with Gasteiger partial charge in [-0.15, -0.1) is 0 Å². The van der Waals surface area contributed by atoms with E-state index >= 15 is 0 Å². The van der Waals surface area contributed by atoms with Crippen molar-refractivity contribution in [2.45, 2.75) is 32.5 Å². The fourth-order valence-electron chi connectivity index (χ4n) is 0.417. The predicted molar refractivity (Wildman–Crippen MR) is 42.0 cm³/mol. The Balaban J connectivity index is 4.13. The third-order valence-electron chi connectivity index (χ3n) is 1.15. The fraction of sp³-hybridized carbons (Fsp3) is 0.625. The lowest BCUT2D eigenvalue weighted by Gasteiger charge is -2.18. The molecule has 0 aromatic carbocycles. The standard InChI is InChI=1S/C8H14O3/c1-5-8(4,10)7(9)11-6(2)3/h5-6,10H,1H2,2-4H3. The monoisotopic (exact) mass is 158 g/mol. The molecule has 1 N–H and O–H groups in total. The summed E-state index contributed by atoms with van der Waals surface area (Å²) in [6.07, 6.45) is 0.937. The van der Waals surface area contributed by atoms with E-state index in [0.29, 0.717) is 0 Å². The van der Waals surface area contributed by atoms with Crippen molar-refractivity contribution in [2.75, 3.05) is 0 Å². The minimum Gasteiger partial charge on any atom is -0.461 e. The van der Waals surface area contributed by atoms with E-state index in [2.05, 4.69) is 6.58 Å². The van der Waals surface area contributed by atoms with E-state index in [1.165, 1.54) is 6.92 Å². The molecule has 0 heterocycles.